The summed E-state index contributed by atoms with van der Waals surface area (Å²) in [5, 5.41) is 4.68. The maximum absolute atomic E-state index is 13.3. The average Bonchev–Trinajstić information content (AvgIpc) is 3.31. The van der Waals surface area contributed by atoms with Crippen LogP contribution in [-0.2, 0) is 11.2 Å². The molecule has 0 atom stereocenters. The van der Waals surface area contributed by atoms with Gasteiger partial charge < -0.3 is 4.90 Å². The zero-order valence-corrected chi connectivity index (χ0v) is 16.6. The molecule has 0 radical (unpaired) electrons. The number of halogens is 1. The smallest absolute Gasteiger partial charge is 0.222 e. The Kier molecular flexibility index (Phi) is 4.87. The first-order valence-electron chi connectivity index (χ1n) is 9.85. The van der Waals surface area contributed by atoms with E-state index in [1.807, 2.05) is 30.2 Å². The highest BCUT2D eigenvalue weighted by Crippen LogP contribution is 2.29. The number of rotatable bonds is 4. The van der Waals surface area contributed by atoms with E-state index in [4.69, 9.17) is 4.98 Å². The SMILES string of the molecule is Cc1nc2c(-c3ccc(F)cc3)c(C)nn2c(C)c1CCC(=O)N1CCCC1. The van der Waals surface area contributed by atoms with Crippen molar-refractivity contribution in [1.29, 1.82) is 0 Å². The van der Waals surface area contributed by atoms with E-state index >= 15 is 0 Å². The Morgan fingerprint density at radius 3 is 2.43 bits per heavy atom. The predicted molar refractivity (Wildman–Crippen MR) is 107 cm³/mol. The van der Waals surface area contributed by atoms with Gasteiger partial charge in [-0.25, -0.2) is 13.9 Å². The number of carbonyl (C=O) groups is 1. The maximum Gasteiger partial charge on any atom is 0.222 e. The van der Waals surface area contributed by atoms with Gasteiger partial charge in [0, 0.05) is 36.5 Å². The number of likely N-dealkylation sites (tertiary alicyclic amines) is 1. The molecular formula is C22H25FN4O. The largest absolute Gasteiger partial charge is 0.343 e. The molecule has 6 heteroatoms. The van der Waals surface area contributed by atoms with Crippen LogP contribution >= 0.6 is 0 Å². The van der Waals surface area contributed by atoms with Gasteiger partial charge in [0.05, 0.1) is 5.69 Å². The lowest BCUT2D eigenvalue weighted by atomic mass is 10.0. The first-order valence-corrected chi connectivity index (χ1v) is 9.85. The Balaban J connectivity index is 1.68. The summed E-state index contributed by atoms with van der Waals surface area (Å²) in [5.74, 6) is -0.0387. The molecule has 0 aliphatic carbocycles. The van der Waals surface area contributed by atoms with E-state index in [9.17, 15) is 9.18 Å². The van der Waals surface area contributed by atoms with Crippen molar-refractivity contribution in [1.82, 2.24) is 19.5 Å². The van der Waals surface area contributed by atoms with E-state index in [0.717, 1.165) is 65.4 Å². The van der Waals surface area contributed by atoms with Gasteiger partial charge in [-0.3, -0.25) is 4.79 Å². The summed E-state index contributed by atoms with van der Waals surface area (Å²) in [7, 11) is 0. The van der Waals surface area contributed by atoms with Crippen LogP contribution in [0.4, 0.5) is 4.39 Å². The van der Waals surface area contributed by atoms with Crippen molar-refractivity contribution in [3.63, 3.8) is 0 Å². The third-order valence-corrected chi connectivity index (χ3v) is 5.68. The lowest BCUT2D eigenvalue weighted by molar-refractivity contribution is -0.130. The van der Waals surface area contributed by atoms with E-state index in [1.165, 1.54) is 12.1 Å². The van der Waals surface area contributed by atoms with Crippen LogP contribution in [0.1, 0.15) is 41.9 Å². The number of aromatic nitrogens is 3. The Morgan fingerprint density at radius 1 is 1.07 bits per heavy atom. The molecular weight excluding hydrogens is 355 g/mol. The monoisotopic (exact) mass is 380 g/mol. The van der Waals surface area contributed by atoms with Gasteiger partial charge in [-0.2, -0.15) is 5.10 Å². The van der Waals surface area contributed by atoms with Crippen molar-refractivity contribution in [3.05, 3.63) is 52.7 Å². The summed E-state index contributed by atoms with van der Waals surface area (Å²) in [6, 6.07) is 6.43. The number of hydrogen-bond acceptors (Lipinski definition) is 3. The fraction of sp³-hybridized carbons (Fsp3) is 0.409. The maximum atomic E-state index is 13.3. The number of benzene rings is 1. The van der Waals surface area contributed by atoms with Gasteiger partial charge in [-0.1, -0.05) is 12.1 Å². The molecule has 0 unspecified atom stereocenters. The molecule has 4 rings (SSSR count). The normalized spacial score (nSPS) is 14.2. The summed E-state index contributed by atoms with van der Waals surface area (Å²) >= 11 is 0. The minimum atomic E-state index is -0.261. The molecule has 1 aliphatic rings. The summed E-state index contributed by atoms with van der Waals surface area (Å²) in [5.41, 5.74) is 6.45. The van der Waals surface area contributed by atoms with Gasteiger partial charge in [-0.15, -0.1) is 0 Å². The summed E-state index contributed by atoms with van der Waals surface area (Å²) in [4.78, 5) is 19.2. The quantitative estimate of drug-likeness (QED) is 0.687. The second-order valence-electron chi connectivity index (χ2n) is 7.55. The second-order valence-corrected chi connectivity index (χ2v) is 7.55. The first-order chi connectivity index (χ1) is 13.5. The van der Waals surface area contributed by atoms with Gasteiger partial charge in [-0.05, 0) is 63.3 Å². The molecule has 2 aromatic heterocycles. The Labute approximate surface area is 164 Å². The highest BCUT2D eigenvalue weighted by atomic mass is 19.1. The first kappa shape index (κ1) is 18.6. The van der Waals surface area contributed by atoms with E-state index in [1.54, 1.807) is 12.1 Å². The van der Waals surface area contributed by atoms with Crippen LogP contribution < -0.4 is 0 Å². The molecule has 0 spiro atoms. The van der Waals surface area contributed by atoms with Gasteiger partial charge in [0.25, 0.3) is 0 Å². The highest BCUT2D eigenvalue weighted by Gasteiger charge is 2.21. The second kappa shape index (κ2) is 7.34. The molecule has 1 fully saturated rings. The van der Waals surface area contributed by atoms with Gasteiger partial charge in [0.1, 0.15) is 5.82 Å². The van der Waals surface area contributed by atoms with Crippen molar-refractivity contribution < 1.29 is 9.18 Å². The van der Waals surface area contributed by atoms with Gasteiger partial charge in [0.2, 0.25) is 5.91 Å². The number of fused-ring (bicyclic) bond motifs is 1. The molecule has 3 aromatic rings. The van der Waals surface area contributed by atoms with E-state index in [-0.39, 0.29) is 11.7 Å². The standard InChI is InChI=1S/C22H25FN4O/c1-14-19(10-11-20(28)26-12-4-5-13-26)16(3)27-22(24-14)21(15(2)25-27)17-6-8-18(23)9-7-17/h6-9H,4-5,10-13H2,1-3H3. The van der Waals surface area contributed by atoms with Gasteiger partial charge >= 0.3 is 0 Å². The van der Waals surface area contributed by atoms with Crippen LogP contribution in [0.15, 0.2) is 24.3 Å². The van der Waals surface area contributed by atoms with Gasteiger partial charge in [0.15, 0.2) is 5.65 Å². The highest BCUT2D eigenvalue weighted by molar-refractivity contribution is 5.80. The van der Waals surface area contributed by atoms with Crippen molar-refractivity contribution in [2.45, 2.75) is 46.5 Å². The van der Waals surface area contributed by atoms with Crippen LogP contribution in [0.3, 0.4) is 0 Å². The third-order valence-electron chi connectivity index (χ3n) is 5.68. The molecule has 0 N–H and O–H groups in total. The zero-order valence-electron chi connectivity index (χ0n) is 16.6. The predicted octanol–water partition coefficient (Wildman–Crippen LogP) is 4.02. The molecule has 0 saturated carbocycles. The average molecular weight is 380 g/mol. The minimum Gasteiger partial charge on any atom is -0.343 e. The Bertz CT molecular complexity index is 1030. The summed E-state index contributed by atoms with van der Waals surface area (Å²) < 4.78 is 15.2. The van der Waals surface area contributed by atoms with Crippen LogP contribution in [-0.4, -0.2) is 38.5 Å². The summed E-state index contributed by atoms with van der Waals surface area (Å²) in [6.07, 6.45) is 3.38. The van der Waals surface area contributed by atoms with Crippen molar-refractivity contribution in [2.75, 3.05) is 13.1 Å². The number of aryl methyl sites for hydroxylation is 3. The fourth-order valence-corrected chi connectivity index (χ4v) is 4.14. The number of amides is 1. The third kappa shape index (κ3) is 3.28. The van der Waals surface area contributed by atoms with Crippen molar-refractivity contribution in [2.24, 2.45) is 0 Å². The Hall–Kier alpha value is -2.76. The molecule has 1 aromatic carbocycles. The van der Waals surface area contributed by atoms with Crippen molar-refractivity contribution in [3.8, 4) is 11.1 Å². The number of carbonyl (C=O) groups excluding carboxylic acids is 1. The topological polar surface area (TPSA) is 50.5 Å². The number of hydrogen-bond donors (Lipinski definition) is 0. The molecule has 1 aliphatic heterocycles. The van der Waals surface area contributed by atoms with Crippen LogP contribution in [0, 0.1) is 26.6 Å². The van der Waals surface area contributed by atoms with E-state index in [0.29, 0.717) is 12.8 Å². The van der Waals surface area contributed by atoms with Crippen LogP contribution in [0.5, 0.6) is 0 Å². The molecule has 146 valence electrons. The van der Waals surface area contributed by atoms with Crippen molar-refractivity contribution >= 4 is 11.6 Å². The fourth-order valence-electron chi connectivity index (χ4n) is 4.14. The zero-order chi connectivity index (χ0) is 19.8. The van der Waals surface area contributed by atoms with Crippen LogP contribution in [0.2, 0.25) is 0 Å². The molecule has 5 nitrogen and oxygen atoms in total. The lowest BCUT2D eigenvalue weighted by Crippen LogP contribution is -2.28. The molecule has 0 bridgehead atoms. The molecule has 1 amide bonds. The van der Waals surface area contributed by atoms with Crippen LogP contribution in [0.25, 0.3) is 16.8 Å². The summed E-state index contributed by atoms with van der Waals surface area (Å²) in [6.45, 7) is 7.72. The molecule has 1 saturated heterocycles. The number of nitrogens with zero attached hydrogens (tertiary/aromatic N) is 4. The molecule has 3 heterocycles. The van der Waals surface area contributed by atoms with E-state index in [2.05, 4.69) is 5.10 Å². The minimum absolute atomic E-state index is 0.222. The Morgan fingerprint density at radius 2 is 1.75 bits per heavy atom. The lowest BCUT2D eigenvalue weighted by Gasteiger charge is -2.16. The molecule has 28 heavy (non-hydrogen) atoms. The van der Waals surface area contributed by atoms with E-state index < -0.39 is 0 Å².